The minimum Gasteiger partial charge on any atom is -0.493 e. The molecule has 2 rings (SSSR count). The first-order valence-corrected chi connectivity index (χ1v) is 9.81. The number of methoxy groups -OCH3 is 2. The van der Waals surface area contributed by atoms with E-state index in [2.05, 4.69) is 0 Å². The molecule has 0 aromatic heterocycles. The number of nitrogens with zero attached hydrogens (tertiary/aromatic N) is 1. The van der Waals surface area contributed by atoms with Gasteiger partial charge in [0, 0.05) is 18.7 Å². The second-order valence-corrected chi connectivity index (χ2v) is 6.63. The van der Waals surface area contributed by atoms with E-state index in [9.17, 15) is 9.59 Å². The summed E-state index contributed by atoms with van der Waals surface area (Å²) in [6.45, 7) is 5.78. The monoisotopic (exact) mass is 399 g/mol. The molecule has 0 unspecified atom stereocenters. The topological polar surface area (TPSA) is 65.1 Å². The number of hydrogen-bond acceptors (Lipinski definition) is 5. The Morgan fingerprint density at radius 2 is 1.59 bits per heavy atom. The first-order valence-electron chi connectivity index (χ1n) is 9.81. The van der Waals surface area contributed by atoms with Crippen LogP contribution in [-0.4, -0.2) is 44.1 Å². The lowest BCUT2D eigenvalue weighted by molar-refractivity contribution is 0.0599. The van der Waals surface area contributed by atoms with Crippen LogP contribution in [0.1, 0.15) is 53.0 Å². The molecule has 0 saturated carbocycles. The fourth-order valence-corrected chi connectivity index (χ4v) is 2.93. The van der Waals surface area contributed by atoms with Gasteiger partial charge in [0.25, 0.3) is 5.91 Å². The third-order valence-electron chi connectivity index (χ3n) is 4.40. The van der Waals surface area contributed by atoms with Crippen LogP contribution >= 0.6 is 0 Å². The Bertz CT molecular complexity index is 817. The lowest BCUT2D eigenvalue weighted by Crippen LogP contribution is -2.31. The molecule has 6 heteroatoms. The van der Waals surface area contributed by atoms with Gasteiger partial charge in [-0.25, -0.2) is 4.79 Å². The van der Waals surface area contributed by atoms with E-state index in [4.69, 9.17) is 14.2 Å². The Kier molecular flexibility index (Phi) is 8.52. The third-order valence-corrected chi connectivity index (χ3v) is 4.40. The summed E-state index contributed by atoms with van der Waals surface area (Å²) < 4.78 is 15.8. The van der Waals surface area contributed by atoms with E-state index in [-0.39, 0.29) is 5.91 Å². The molecule has 0 heterocycles. The highest BCUT2D eigenvalue weighted by Gasteiger charge is 2.17. The van der Waals surface area contributed by atoms with Gasteiger partial charge >= 0.3 is 5.97 Å². The van der Waals surface area contributed by atoms with Gasteiger partial charge in [-0.2, -0.15) is 0 Å². The van der Waals surface area contributed by atoms with Crippen LogP contribution in [-0.2, 0) is 11.3 Å². The van der Waals surface area contributed by atoms with Crippen molar-refractivity contribution in [3.05, 3.63) is 59.2 Å². The number of esters is 1. The number of hydrogen-bond donors (Lipinski definition) is 0. The molecule has 6 nitrogen and oxygen atoms in total. The Morgan fingerprint density at radius 3 is 2.17 bits per heavy atom. The van der Waals surface area contributed by atoms with Crippen molar-refractivity contribution in [3.63, 3.8) is 0 Å². The lowest BCUT2D eigenvalue weighted by atomic mass is 10.1. The van der Waals surface area contributed by atoms with Gasteiger partial charge in [-0.15, -0.1) is 0 Å². The predicted octanol–water partition coefficient (Wildman–Crippen LogP) is 4.32. The second kappa shape index (κ2) is 11.1. The van der Waals surface area contributed by atoms with Gasteiger partial charge in [-0.3, -0.25) is 4.79 Å². The number of carbonyl (C=O) groups is 2. The van der Waals surface area contributed by atoms with Crippen molar-refractivity contribution in [2.75, 3.05) is 27.4 Å². The fourth-order valence-electron chi connectivity index (χ4n) is 2.93. The summed E-state index contributed by atoms with van der Waals surface area (Å²) in [6, 6.07) is 12.2. The van der Waals surface area contributed by atoms with E-state index in [1.165, 1.54) is 7.11 Å². The molecule has 1 amide bonds. The largest absolute Gasteiger partial charge is 0.493 e. The third kappa shape index (κ3) is 5.98. The van der Waals surface area contributed by atoms with Crippen molar-refractivity contribution < 1.29 is 23.8 Å². The maximum Gasteiger partial charge on any atom is 0.337 e. The Labute approximate surface area is 172 Å². The maximum atomic E-state index is 13.0. The summed E-state index contributed by atoms with van der Waals surface area (Å²) in [4.78, 5) is 26.4. The summed E-state index contributed by atoms with van der Waals surface area (Å²) >= 11 is 0. The van der Waals surface area contributed by atoms with Crippen LogP contribution in [0.5, 0.6) is 11.5 Å². The number of rotatable bonds is 10. The summed E-state index contributed by atoms with van der Waals surface area (Å²) in [5, 5.41) is 0. The van der Waals surface area contributed by atoms with Crippen molar-refractivity contribution in [1.29, 1.82) is 0 Å². The molecule has 0 aliphatic carbocycles. The molecule has 2 aromatic rings. The molecule has 0 aliphatic rings. The van der Waals surface area contributed by atoms with Crippen LogP contribution in [0.4, 0.5) is 0 Å². The van der Waals surface area contributed by atoms with Crippen LogP contribution < -0.4 is 9.47 Å². The summed E-state index contributed by atoms with van der Waals surface area (Å²) in [7, 11) is 2.94. The van der Waals surface area contributed by atoms with Gasteiger partial charge in [0.1, 0.15) is 0 Å². The fraction of sp³-hybridized carbons (Fsp3) is 0.391. The summed E-state index contributed by atoms with van der Waals surface area (Å²) in [5.41, 5.74) is 1.90. The molecule has 29 heavy (non-hydrogen) atoms. The van der Waals surface area contributed by atoms with Crippen molar-refractivity contribution >= 4 is 11.9 Å². The molecule has 0 N–H and O–H groups in total. The van der Waals surface area contributed by atoms with Crippen LogP contribution in [0.15, 0.2) is 42.5 Å². The highest BCUT2D eigenvalue weighted by molar-refractivity contribution is 5.96. The van der Waals surface area contributed by atoms with Gasteiger partial charge in [0.15, 0.2) is 11.5 Å². The minimum atomic E-state index is -0.424. The predicted molar refractivity (Wildman–Crippen MR) is 112 cm³/mol. The zero-order chi connectivity index (χ0) is 21.2. The number of carbonyl (C=O) groups excluding carboxylic acids is 2. The van der Waals surface area contributed by atoms with Gasteiger partial charge in [-0.1, -0.05) is 19.9 Å². The van der Waals surface area contributed by atoms with Gasteiger partial charge in [-0.05, 0) is 54.8 Å². The van der Waals surface area contributed by atoms with Crippen LogP contribution in [0.25, 0.3) is 0 Å². The molecular formula is C23H29NO5. The average molecular weight is 399 g/mol. The van der Waals surface area contributed by atoms with E-state index in [0.717, 1.165) is 18.4 Å². The van der Waals surface area contributed by atoms with Crippen molar-refractivity contribution in [3.8, 4) is 11.5 Å². The van der Waals surface area contributed by atoms with E-state index in [0.29, 0.717) is 42.3 Å². The molecule has 0 aliphatic heterocycles. The Hall–Kier alpha value is -3.02. The Balaban J connectivity index is 2.18. The van der Waals surface area contributed by atoms with Gasteiger partial charge < -0.3 is 19.1 Å². The highest BCUT2D eigenvalue weighted by Crippen LogP contribution is 2.29. The molecule has 0 spiro atoms. The van der Waals surface area contributed by atoms with Gasteiger partial charge in [0.05, 0.1) is 26.4 Å². The summed E-state index contributed by atoms with van der Waals surface area (Å²) in [6.07, 6.45) is 1.75. The Morgan fingerprint density at radius 1 is 0.897 bits per heavy atom. The molecule has 0 saturated heterocycles. The van der Waals surface area contributed by atoms with Crippen molar-refractivity contribution in [2.24, 2.45) is 0 Å². The molecule has 2 aromatic carbocycles. The molecule has 0 radical (unpaired) electrons. The standard InChI is InChI=1S/C23H29NO5/c1-5-13-24(22(25)18-8-10-19(11-9-18)23(26)28-4)16-17-7-12-20(29-14-6-2)21(15-17)27-3/h7-12,15H,5-6,13-14,16H2,1-4H3. The van der Waals surface area contributed by atoms with Crippen molar-refractivity contribution in [2.45, 2.75) is 33.2 Å². The maximum absolute atomic E-state index is 13.0. The van der Waals surface area contributed by atoms with Crippen LogP contribution in [0.3, 0.4) is 0 Å². The highest BCUT2D eigenvalue weighted by atomic mass is 16.5. The van der Waals surface area contributed by atoms with E-state index in [1.807, 2.05) is 32.0 Å². The quantitative estimate of drug-likeness (QED) is 0.557. The lowest BCUT2D eigenvalue weighted by Gasteiger charge is -2.23. The molecule has 0 fully saturated rings. The van der Waals surface area contributed by atoms with Crippen LogP contribution in [0, 0.1) is 0 Å². The first-order chi connectivity index (χ1) is 14.0. The smallest absolute Gasteiger partial charge is 0.337 e. The molecule has 0 bridgehead atoms. The average Bonchev–Trinajstić information content (AvgIpc) is 2.76. The van der Waals surface area contributed by atoms with E-state index in [1.54, 1.807) is 36.3 Å². The number of amides is 1. The normalized spacial score (nSPS) is 10.3. The molecular weight excluding hydrogens is 370 g/mol. The van der Waals surface area contributed by atoms with E-state index < -0.39 is 5.97 Å². The molecule has 0 atom stereocenters. The molecule has 156 valence electrons. The van der Waals surface area contributed by atoms with Crippen LogP contribution in [0.2, 0.25) is 0 Å². The minimum absolute atomic E-state index is 0.0893. The first kappa shape index (κ1) is 22.3. The number of benzene rings is 2. The SMILES string of the molecule is CCCOc1ccc(CN(CCC)C(=O)c2ccc(C(=O)OC)cc2)cc1OC. The second-order valence-electron chi connectivity index (χ2n) is 6.63. The van der Waals surface area contributed by atoms with Gasteiger partial charge in [0.2, 0.25) is 0 Å². The van der Waals surface area contributed by atoms with Crippen molar-refractivity contribution in [1.82, 2.24) is 4.90 Å². The zero-order valence-corrected chi connectivity index (χ0v) is 17.6. The van der Waals surface area contributed by atoms with E-state index >= 15 is 0 Å². The number of ether oxygens (including phenoxy) is 3. The summed E-state index contributed by atoms with van der Waals surface area (Å²) in [5.74, 6) is 0.840. The zero-order valence-electron chi connectivity index (χ0n) is 17.6.